The van der Waals surface area contributed by atoms with E-state index in [0.29, 0.717) is 0 Å². The topological polar surface area (TPSA) is 66.4 Å². The number of halogens is 2. The molecule has 0 bridgehead atoms. The van der Waals surface area contributed by atoms with Crippen molar-refractivity contribution < 1.29 is 14.7 Å². The number of nitrogens with one attached hydrogen (secondary N) is 1. The van der Waals surface area contributed by atoms with Gasteiger partial charge in [0.25, 0.3) is 0 Å². The summed E-state index contributed by atoms with van der Waals surface area (Å²) >= 11 is 12.1. The van der Waals surface area contributed by atoms with Crippen LogP contribution in [0.25, 0.3) is 0 Å². The number of carboxylic acid groups (broad SMARTS) is 1. The molecule has 2 aromatic rings. The zero-order chi connectivity index (χ0) is 18.0. The molecule has 0 radical (unpaired) electrons. The van der Waals surface area contributed by atoms with Gasteiger partial charge in [-0.25, -0.2) is 4.79 Å². The van der Waals surface area contributed by atoms with Gasteiger partial charge in [0.15, 0.2) is 0 Å². The molecule has 3 rings (SSSR count). The molecule has 1 fully saturated rings. The fourth-order valence-electron chi connectivity index (χ4n) is 3.43. The lowest BCUT2D eigenvalue weighted by atomic mass is 9.78. The van der Waals surface area contributed by atoms with Gasteiger partial charge in [0.05, 0.1) is 26.7 Å². The number of amides is 1. The van der Waals surface area contributed by atoms with Crippen molar-refractivity contribution in [2.75, 3.05) is 5.32 Å². The highest BCUT2D eigenvalue weighted by molar-refractivity contribution is 6.38. The van der Waals surface area contributed by atoms with Gasteiger partial charge in [-0.3, -0.25) is 4.79 Å². The molecule has 0 aromatic heterocycles. The van der Waals surface area contributed by atoms with Gasteiger partial charge >= 0.3 is 5.97 Å². The number of benzene rings is 2. The predicted octanol–water partition coefficient (Wildman–Crippen LogP) is 5.14. The summed E-state index contributed by atoms with van der Waals surface area (Å²) in [5.41, 5.74) is 0.513. The third kappa shape index (κ3) is 3.37. The van der Waals surface area contributed by atoms with Crippen LogP contribution in [0.15, 0.2) is 42.5 Å². The monoisotopic (exact) mass is 377 g/mol. The Bertz CT molecular complexity index is 815. The van der Waals surface area contributed by atoms with Gasteiger partial charge in [-0.15, -0.1) is 0 Å². The minimum Gasteiger partial charge on any atom is -0.478 e. The summed E-state index contributed by atoms with van der Waals surface area (Å²) in [5.74, 6) is -1.34. The second kappa shape index (κ2) is 7.06. The Morgan fingerprint density at radius 2 is 1.64 bits per heavy atom. The van der Waals surface area contributed by atoms with Crippen LogP contribution in [-0.2, 0) is 10.2 Å². The molecule has 0 aliphatic heterocycles. The molecule has 0 unspecified atom stereocenters. The van der Waals surface area contributed by atoms with E-state index >= 15 is 0 Å². The molecule has 0 heterocycles. The Morgan fingerprint density at radius 1 is 1.00 bits per heavy atom. The van der Waals surface area contributed by atoms with E-state index in [1.165, 1.54) is 12.1 Å². The molecule has 0 spiro atoms. The fourth-order valence-corrected chi connectivity index (χ4v) is 3.94. The minimum atomic E-state index is -1.17. The molecule has 0 atom stereocenters. The van der Waals surface area contributed by atoms with Gasteiger partial charge < -0.3 is 10.4 Å². The lowest BCUT2D eigenvalue weighted by Gasteiger charge is -2.28. The van der Waals surface area contributed by atoms with Crippen molar-refractivity contribution in [1.82, 2.24) is 0 Å². The Labute approximate surface area is 155 Å². The largest absolute Gasteiger partial charge is 0.478 e. The Morgan fingerprint density at radius 3 is 2.24 bits per heavy atom. The van der Waals surface area contributed by atoms with Crippen molar-refractivity contribution in [2.45, 2.75) is 31.1 Å². The molecule has 2 N–H and O–H groups in total. The molecule has 0 saturated heterocycles. The molecule has 1 aliphatic carbocycles. The molecule has 1 amide bonds. The van der Waals surface area contributed by atoms with E-state index in [2.05, 4.69) is 5.32 Å². The third-order valence-corrected chi connectivity index (χ3v) is 5.38. The van der Waals surface area contributed by atoms with Crippen LogP contribution in [0.1, 0.15) is 41.6 Å². The smallest absolute Gasteiger partial charge is 0.337 e. The van der Waals surface area contributed by atoms with Gasteiger partial charge in [-0.1, -0.05) is 66.4 Å². The van der Waals surface area contributed by atoms with E-state index < -0.39 is 11.4 Å². The summed E-state index contributed by atoms with van der Waals surface area (Å²) in [4.78, 5) is 24.4. The summed E-state index contributed by atoms with van der Waals surface area (Å²) in [6.07, 6.45) is 3.44. The zero-order valence-corrected chi connectivity index (χ0v) is 14.9. The summed E-state index contributed by atoms with van der Waals surface area (Å²) in [7, 11) is 0. The van der Waals surface area contributed by atoms with Crippen LogP contribution < -0.4 is 5.32 Å². The Hall–Kier alpha value is -2.04. The number of hydrogen-bond acceptors (Lipinski definition) is 2. The van der Waals surface area contributed by atoms with Gasteiger partial charge in [-0.05, 0) is 30.5 Å². The highest BCUT2D eigenvalue weighted by Gasteiger charge is 2.42. The van der Waals surface area contributed by atoms with E-state index in [-0.39, 0.29) is 27.2 Å². The van der Waals surface area contributed by atoms with Crippen molar-refractivity contribution in [3.63, 3.8) is 0 Å². The van der Waals surface area contributed by atoms with Crippen LogP contribution in [0.3, 0.4) is 0 Å². The second-order valence-corrected chi connectivity index (χ2v) is 7.04. The quantitative estimate of drug-likeness (QED) is 0.774. The fraction of sp³-hybridized carbons (Fsp3) is 0.263. The lowest BCUT2D eigenvalue weighted by molar-refractivity contribution is -0.121. The average molecular weight is 378 g/mol. The highest BCUT2D eigenvalue weighted by atomic mass is 35.5. The van der Waals surface area contributed by atoms with Crippen LogP contribution in [-0.4, -0.2) is 17.0 Å². The van der Waals surface area contributed by atoms with E-state index in [4.69, 9.17) is 23.2 Å². The van der Waals surface area contributed by atoms with Crippen LogP contribution in [0.2, 0.25) is 10.0 Å². The molecule has 6 heteroatoms. The number of hydrogen-bond donors (Lipinski definition) is 2. The summed E-state index contributed by atoms with van der Waals surface area (Å²) < 4.78 is 0. The minimum absolute atomic E-state index is 0.0362. The number of carbonyl (C=O) groups is 2. The number of carbonyl (C=O) groups excluding carboxylic acids is 1. The molecule has 1 saturated carbocycles. The van der Waals surface area contributed by atoms with Gasteiger partial charge in [0, 0.05) is 0 Å². The van der Waals surface area contributed by atoms with Crippen LogP contribution in [0.4, 0.5) is 5.69 Å². The van der Waals surface area contributed by atoms with E-state index in [9.17, 15) is 14.7 Å². The standard InChI is InChI=1S/C19H17Cl2NO3/c20-14-11-15(21)16(10-13(14)17(23)24)22-18(25)19(8-4-5-9-19)12-6-2-1-3-7-12/h1-3,6-7,10-11H,4-5,8-9H2,(H,22,25)(H,23,24). The molecule has 4 nitrogen and oxygen atoms in total. The number of rotatable bonds is 4. The predicted molar refractivity (Wildman–Crippen MR) is 98.6 cm³/mol. The zero-order valence-electron chi connectivity index (χ0n) is 13.4. The van der Waals surface area contributed by atoms with E-state index in [1.807, 2.05) is 30.3 Å². The van der Waals surface area contributed by atoms with E-state index in [1.54, 1.807) is 0 Å². The molecular weight excluding hydrogens is 361 g/mol. The Kier molecular flexibility index (Phi) is 5.02. The van der Waals surface area contributed by atoms with Crippen molar-refractivity contribution in [3.05, 3.63) is 63.6 Å². The number of aromatic carboxylic acids is 1. The van der Waals surface area contributed by atoms with Gasteiger partial charge in [0.2, 0.25) is 5.91 Å². The van der Waals surface area contributed by atoms with Gasteiger partial charge in [-0.2, -0.15) is 0 Å². The van der Waals surface area contributed by atoms with Crippen molar-refractivity contribution in [1.29, 1.82) is 0 Å². The third-order valence-electron chi connectivity index (χ3n) is 4.75. The molecule has 25 heavy (non-hydrogen) atoms. The first-order valence-electron chi connectivity index (χ1n) is 8.03. The summed E-state index contributed by atoms with van der Waals surface area (Å²) in [6.45, 7) is 0. The SMILES string of the molecule is O=C(O)c1cc(NC(=O)C2(c3ccccc3)CCCC2)c(Cl)cc1Cl. The van der Waals surface area contributed by atoms with Crippen molar-refractivity contribution in [3.8, 4) is 0 Å². The molecule has 1 aliphatic rings. The maximum absolute atomic E-state index is 13.1. The van der Waals surface area contributed by atoms with Crippen LogP contribution in [0, 0.1) is 0 Å². The van der Waals surface area contributed by atoms with E-state index in [0.717, 1.165) is 31.2 Å². The average Bonchev–Trinajstić information content (AvgIpc) is 3.09. The molecular formula is C19H17Cl2NO3. The van der Waals surface area contributed by atoms with Crippen molar-refractivity contribution >= 4 is 40.8 Å². The molecule has 130 valence electrons. The number of carboxylic acids is 1. The number of anilines is 1. The highest BCUT2D eigenvalue weighted by Crippen LogP contribution is 2.42. The Balaban J connectivity index is 1.96. The molecule has 2 aromatic carbocycles. The van der Waals surface area contributed by atoms with Crippen molar-refractivity contribution in [2.24, 2.45) is 0 Å². The maximum atomic E-state index is 13.1. The van der Waals surface area contributed by atoms with Gasteiger partial charge in [0.1, 0.15) is 0 Å². The second-order valence-electron chi connectivity index (χ2n) is 6.23. The maximum Gasteiger partial charge on any atom is 0.337 e. The first kappa shape index (κ1) is 17.8. The lowest BCUT2D eigenvalue weighted by Crippen LogP contribution is -2.38. The first-order valence-corrected chi connectivity index (χ1v) is 8.79. The normalized spacial score (nSPS) is 15.8. The van der Waals surface area contributed by atoms with Crippen LogP contribution in [0.5, 0.6) is 0 Å². The summed E-state index contributed by atoms with van der Waals surface area (Å²) in [6, 6.07) is 12.3. The van der Waals surface area contributed by atoms with Crippen LogP contribution >= 0.6 is 23.2 Å². The summed E-state index contributed by atoms with van der Waals surface area (Å²) in [5, 5.41) is 12.3. The first-order chi connectivity index (χ1) is 11.9.